The number of aromatic nitrogens is 2. The molecule has 0 saturated heterocycles. The van der Waals surface area contributed by atoms with Gasteiger partial charge in [-0.1, -0.05) is 0 Å². The van der Waals surface area contributed by atoms with E-state index in [1.807, 2.05) is 11.5 Å². The average molecular weight is 317 g/mol. The van der Waals surface area contributed by atoms with Gasteiger partial charge in [0.2, 0.25) is 0 Å². The number of nitrogens with one attached hydrogen (secondary N) is 1. The molecule has 0 aromatic carbocycles. The van der Waals surface area contributed by atoms with Crippen LogP contribution < -0.4 is 5.32 Å². The highest BCUT2D eigenvalue weighted by molar-refractivity contribution is 7.08. The molecule has 114 valence electrons. The van der Waals surface area contributed by atoms with Crippen LogP contribution in [0.25, 0.3) is 0 Å². The first-order valence-corrected chi connectivity index (χ1v) is 7.24. The topological polar surface area (TPSA) is 46.9 Å². The second kappa shape index (κ2) is 5.88. The second-order valence-corrected chi connectivity index (χ2v) is 5.21. The van der Waals surface area contributed by atoms with E-state index in [4.69, 9.17) is 0 Å². The molecule has 2 aromatic heterocycles. The van der Waals surface area contributed by atoms with Gasteiger partial charge >= 0.3 is 6.18 Å². The van der Waals surface area contributed by atoms with E-state index in [1.165, 1.54) is 5.38 Å². The molecule has 0 aliphatic carbocycles. The Morgan fingerprint density at radius 3 is 2.81 bits per heavy atom. The minimum absolute atomic E-state index is 0.353. The van der Waals surface area contributed by atoms with Crippen molar-refractivity contribution in [2.45, 2.75) is 32.6 Å². The van der Waals surface area contributed by atoms with Gasteiger partial charge in [-0.3, -0.25) is 4.79 Å². The van der Waals surface area contributed by atoms with Gasteiger partial charge in [0.1, 0.15) is 5.82 Å². The van der Waals surface area contributed by atoms with Crippen LogP contribution in [0, 0.1) is 0 Å². The van der Waals surface area contributed by atoms with Crippen molar-refractivity contribution in [2.24, 2.45) is 0 Å². The number of alkyl halides is 3. The fraction of sp³-hybridized carbons (Fsp3) is 0.385. The summed E-state index contributed by atoms with van der Waals surface area (Å²) < 4.78 is 40.2. The zero-order chi connectivity index (χ0) is 15.6. The SMILES string of the molecule is CCn1ccnc1C(C)NC(=O)c1cscc1C(F)(F)F. The van der Waals surface area contributed by atoms with E-state index in [9.17, 15) is 18.0 Å². The third-order valence-corrected chi connectivity index (χ3v) is 3.78. The summed E-state index contributed by atoms with van der Waals surface area (Å²) in [6.45, 7) is 4.27. The zero-order valence-corrected chi connectivity index (χ0v) is 12.3. The highest BCUT2D eigenvalue weighted by Gasteiger charge is 2.36. The Balaban J connectivity index is 2.17. The van der Waals surface area contributed by atoms with E-state index in [0.29, 0.717) is 12.4 Å². The third kappa shape index (κ3) is 3.26. The summed E-state index contributed by atoms with van der Waals surface area (Å²) in [6, 6.07) is -0.478. The molecule has 1 amide bonds. The highest BCUT2D eigenvalue weighted by atomic mass is 32.1. The number of hydrogen-bond donors (Lipinski definition) is 1. The van der Waals surface area contributed by atoms with Crippen molar-refractivity contribution in [2.75, 3.05) is 0 Å². The van der Waals surface area contributed by atoms with Crippen LogP contribution in [0.4, 0.5) is 13.2 Å². The van der Waals surface area contributed by atoms with Crippen LogP contribution in [-0.4, -0.2) is 15.5 Å². The van der Waals surface area contributed by atoms with E-state index in [1.54, 1.807) is 19.3 Å². The molecule has 2 heterocycles. The number of halogens is 3. The molecule has 4 nitrogen and oxygen atoms in total. The molecule has 8 heteroatoms. The lowest BCUT2D eigenvalue weighted by Crippen LogP contribution is -2.29. The number of thiophene rings is 1. The Bertz CT molecular complexity index is 633. The second-order valence-electron chi connectivity index (χ2n) is 4.46. The summed E-state index contributed by atoms with van der Waals surface area (Å²) >= 11 is 0.852. The lowest BCUT2D eigenvalue weighted by molar-refractivity contribution is -0.137. The number of rotatable bonds is 4. The molecule has 0 radical (unpaired) electrons. The van der Waals surface area contributed by atoms with Crippen LogP contribution in [0.5, 0.6) is 0 Å². The molecule has 21 heavy (non-hydrogen) atoms. The molecule has 0 aliphatic rings. The summed E-state index contributed by atoms with van der Waals surface area (Å²) in [7, 11) is 0. The monoisotopic (exact) mass is 317 g/mol. The van der Waals surface area contributed by atoms with Crippen molar-refractivity contribution < 1.29 is 18.0 Å². The maximum absolute atomic E-state index is 12.8. The van der Waals surface area contributed by atoms with Gasteiger partial charge in [0.25, 0.3) is 5.91 Å². The van der Waals surface area contributed by atoms with Crippen LogP contribution in [0.3, 0.4) is 0 Å². The Morgan fingerprint density at radius 1 is 1.48 bits per heavy atom. The van der Waals surface area contributed by atoms with Gasteiger partial charge < -0.3 is 9.88 Å². The van der Waals surface area contributed by atoms with Gasteiger partial charge in [-0.05, 0) is 13.8 Å². The Hall–Kier alpha value is -1.83. The standard InChI is InChI=1S/C13H14F3N3OS/c1-3-19-5-4-17-11(19)8(2)18-12(20)9-6-21-7-10(9)13(14,15)16/h4-8H,3H2,1-2H3,(H,18,20). The predicted octanol–water partition coefficient (Wildman–Crippen LogP) is 3.47. The number of amides is 1. The van der Waals surface area contributed by atoms with Crippen molar-refractivity contribution in [3.05, 3.63) is 40.1 Å². The number of imidazole rings is 1. The maximum Gasteiger partial charge on any atom is 0.417 e. The predicted molar refractivity (Wildman–Crippen MR) is 73.1 cm³/mol. The lowest BCUT2D eigenvalue weighted by Gasteiger charge is -2.15. The van der Waals surface area contributed by atoms with Crippen molar-refractivity contribution in [3.63, 3.8) is 0 Å². The fourth-order valence-electron chi connectivity index (χ4n) is 2.00. The average Bonchev–Trinajstić information content (AvgIpc) is 3.06. The van der Waals surface area contributed by atoms with Gasteiger partial charge in [-0.25, -0.2) is 4.98 Å². The Morgan fingerprint density at radius 2 is 2.19 bits per heavy atom. The molecule has 0 bridgehead atoms. The molecule has 0 saturated carbocycles. The quantitative estimate of drug-likeness (QED) is 0.938. The first kappa shape index (κ1) is 15.6. The molecular formula is C13H14F3N3OS. The summed E-state index contributed by atoms with van der Waals surface area (Å²) in [4.78, 5) is 16.2. The van der Waals surface area contributed by atoms with Gasteiger partial charge in [-0.15, -0.1) is 0 Å². The van der Waals surface area contributed by atoms with Crippen LogP contribution in [0.1, 0.15) is 41.6 Å². The molecule has 1 N–H and O–H groups in total. The lowest BCUT2D eigenvalue weighted by atomic mass is 10.1. The van der Waals surface area contributed by atoms with Gasteiger partial charge in [0, 0.05) is 29.7 Å². The third-order valence-electron chi connectivity index (χ3n) is 3.04. The largest absolute Gasteiger partial charge is 0.417 e. The van der Waals surface area contributed by atoms with Gasteiger partial charge in [0.05, 0.1) is 17.2 Å². The number of nitrogens with zero attached hydrogens (tertiary/aromatic N) is 2. The van der Waals surface area contributed by atoms with Crippen LogP contribution in [0.15, 0.2) is 23.2 Å². The number of aryl methyl sites for hydroxylation is 1. The van der Waals surface area contributed by atoms with E-state index in [2.05, 4.69) is 10.3 Å². The Labute approximate surface area is 123 Å². The van der Waals surface area contributed by atoms with Crippen molar-refractivity contribution in [1.82, 2.24) is 14.9 Å². The summed E-state index contributed by atoms with van der Waals surface area (Å²) in [5.41, 5.74) is -1.26. The van der Waals surface area contributed by atoms with Crippen molar-refractivity contribution in [3.8, 4) is 0 Å². The van der Waals surface area contributed by atoms with E-state index >= 15 is 0 Å². The van der Waals surface area contributed by atoms with E-state index in [0.717, 1.165) is 16.7 Å². The molecular weight excluding hydrogens is 303 g/mol. The molecule has 0 aliphatic heterocycles. The minimum Gasteiger partial charge on any atom is -0.342 e. The normalized spacial score (nSPS) is 13.2. The first-order chi connectivity index (χ1) is 9.84. The van der Waals surface area contributed by atoms with E-state index < -0.39 is 23.7 Å². The summed E-state index contributed by atoms with van der Waals surface area (Å²) in [5.74, 6) is -0.142. The maximum atomic E-state index is 12.8. The zero-order valence-electron chi connectivity index (χ0n) is 11.4. The van der Waals surface area contributed by atoms with Gasteiger partial charge in [-0.2, -0.15) is 24.5 Å². The number of carbonyl (C=O) groups is 1. The smallest absolute Gasteiger partial charge is 0.342 e. The number of hydrogen-bond acceptors (Lipinski definition) is 3. The van der Waals surface area contributed by atoms with Crippen molar-refractivity contribution in [1.29, 1.82) is 0 Å². The summed E-state index contributed by atoms with van der Waals surface area (Å²) in [6.07, 6.45) is -1.19. The van der Waals surface area contributed by atoms with Crippen molar-refractivity contribution >= 4 is 17.2 Å². The first-order valence-electron chi connectivity index (χ1n) is 6.29. The van der Waals surface area contributed by atoms with Crippen LogP contribution >= 0.6 is 11.3 Å². The van der Waals surface area contributed by atoms with Gasteiger partial charge in [0.15, 0.2) is 0 Å². The molecule has 1 unspecified atom stereocenters. The molecule has 2 rings (SSSR count). The minimum atomic E-state index is -4.53. The van der Waals surface area contributed by atoms with Crippen LogP contribution in [-0.2, 0) is 12.7 Å². The molecule has 1 atom stereocenters. The van der Waals surface area contributed by atoms with Crippen LogP contribution in [0.2, 0.25) is 0 Å². The molecule has 0 fully saturated rings. The summed E-state index contributed by atoms with van der Waals surface area (Å²) in [5, 5.41) is 4.70. The number of carbonyl (C=O) groups excluding carboxylic acids is 1. The Kier molecular flexibility index (Phi) is 4.36. The fourth-order valence-corrected chi connectivity index (χ4v) is 2.83. The molecule has 0 spiro atoms. The highest BCUT2D eigenvalue weighted by Crippen LogP contribution is 2.34. The molecule has 2 aromatic rings. The van der Waals surface area contributed by atoms with E-state index in [-0.39, 0.29) is 5.56 Å².